The Morgan fingerprint density at radius 2 is 1.64 bits per heavy atom. The number of allylic oxidation sites excluding steroid dienone is 6. The van der Waals surface area contributed by atoms with Gasteiger partial charge in [-0.25, -0.2) is 4.79 Å². The lowest BCUT2D eigenvalue weighted by Crippen LogP contribution is -2.61. The molecule has 14 atom stereocenters. The number of carboxylic acids is 1. The zero-order valence-corrected chi connectivity index (χ0v) is 26.4. The molecule has 4 aliphatic rings. The minimum Gasteiger partial charge on any atom is -0.481 e. The minimum atomic E-state index is -2.10. The van der Waals surface area contributed by atoms with Crippen LogP contribution in [0.3, 0.4) is 0 Å². The lowest BCUT2D eigenvalue weighted by atomic mass is 9.83. The zero-order valence-electron chi connectivity index (χ0n) is 26.4. The van der Waals surface area contributed by atoms with Gasteiger partial charge in [-0.05, 0) is 19.9 Å². The Labute approximate surface area is 273 Å². The van der Waals surface area contributed by atoms with Crippen molar-refractivity contribution in [2.45, 2.75) is 125 Å². The fourth-order valence-electron chi connectivity index (χ4n) is 6.00. The second-order valence-electron chi connectivity index (χ2n) is 12.6. The number of carbonyl (C=O) groups is 2. The first-order chi connectivity index (χ1) is 22.3. The molecule has 14 nitrogen and oxygen atoms in total. The highest BCUT2D eigenvalue weighted by Crippen LogP contribution is 2.39. The van der Waals surface area contributed by atoms with Gasteiger partial charge in [0.25, 0.3) is 0 Å². The third-order valence-corrected chi connectivity index (χ3v) is 8.58. The molecule has 2 bridgehead atoms. The zero-order chi connectivity index (χ0) is 34.3. The average molecular weight is 666 g/mol. The van der Waals surface area contributed by atoms with E-state index in [0.29, 0.717) is 6.42 Å². The predicted molar refractivity (Wildman–Crippen MR) is 165 cm³/mol. The van der Waals surface area contributed by atoms with Gasteiger partial charge >= 0.3 is 11.9 Å². The van der Waals surface area contributed by atoms with Crippen molar-refractivity contribution in [1.82, 2.24) is 0 Å². The Morgan fingerprint density at radius 1 is 0.936 bits per heavy atom. The van der Waals surface area contributed by atoms with E-state index in [9.17, 15) is 40.2 Å². The summed E-state index contributed by atoms with van der Waals surface area (Å²) in [6.45, 7) is 3.34. The number of esters is 1. The first kappa shape index (κ1) is 37.1. The summed E-state index contributed by atoms with van der Waals surface area (Å²) >= 11 is 0. The molecular formula is C33H47NO13. The van der Waals surface area contributed by atoms with Crippen LogP contribution >= 0.6 is 0 Å². The number of nitrogens with two attached hydrogens (primary N) is 1. The first-order valence-corrected chi connectivity index (χ1v) is 15.9. The highest BCUT2D eigenvalue weighted by Gasteiger charge is 2.51. The van der Waals surface area contributed by atoms with Gasteiger partial charge in [-0.15, -0.1) is 0 Å². The summed E-state index contributed by atoms with van der Waals surface area (Å²) in [6, 6.07) is -1.08. The molecule has 0 aromatic carbocycles. The third kappa shape index (κ3) is 10.6. The molecule has 0 aromatic rings. The number of fused-ring (bicyclic) bond motifs is 3. The number of aliphatic hydroxyl groups excluding tert-OH is 4. The summed E-state index contributed by atoms with van der Waals surface area (Å²) in [6.07, 6.45) is 5.25. The van der Waals surface area contributed by atoms with E-state index < -0.39 is 97.3 Å². The molecule has 0 amide bonds. The molecular weight excluding hydrogens is 618 g/mol. The number of rotatable bonds is 3. The molecule has 4 aliphatic heterocycles. The van der Waals surface area contributed by atoms with Crippen molar-refractivity contribution in [3.63, 3.8) is 0 Å². The van der Waals surface area contributed by atoms with E-state index in [-0.39, 0.29) is 25.4 Å². The molecule has 4 heterocycles. The lowest BCUT2D eigenvalue weighted by Gasteiger charge is -2.45. The van der Waals surface area contributed by atoms with Crippen molar-refractivity contribution in [3.8, 4) is 0 Å². The van der Waals surface area contributed by atoms with Crippen molar-refractivity contribution in [3.05, 3.63) is 60.8 Å². The maximum absolute atomic E-state index is 12.3. The maximum Gasteiger partial charge on any atom is 0.330 e. The molecule has 3 fully saturated rings. The van der Waals surface area contributed by atoms with Gasteiger partial charge in [-0.3, -0.25) is 4.79 Å². The highest BCUT2D eigenvalue weighted by atomic mass is 16.7. The van der Waals surface area contributed by atoms with Gasteiger partial charge in [0.15, 0.2) is 12.1 Å². The Hall–Kier alpha value is -2.76. The average Bonchev–Trinajstić information content (AvgIpc) is 3.72. The Balaban J connectivity index is 1.58. The smallest absolute Gasteiger partial charge is 0.330 e. The molecule has 1 unspecified atom stereocenters. The van der Waals surface area contributed by atoms with E-state index in [1.807, 2.05) is 6.08 Å². The second-order valence-corrected chi connectivity index (χ2v) is 12.6. The standard InChI is InChI=1S/C33H47NO13/c1-18-10-8-6-4-3-5-7-9-11-21(45-32-30(39)28(34)29(38)19(2)44-32)15-25-27(31(40)41)22(36)17-33(42,47-25)16-20(35)14-24-23(46-24)12-13-26(37)43-18/h3-9,11-13,18-25,27-30,32,35-36,38-39,42H,10,14-17,34H2,1-2H3,(H,40,41)/b4-3+,7-5+,8-6+,11-9+,13-12+/t18-,19?,20+,21+,22+,23-,24-,25+,27-,28-,29-,30-,32+,33-/m1/s1. The van der Waals surface area contributed by atoms with Gasteiger partial charge < -0.3 is 60.1 Å². The van der Waals surface area contributed by atoms with Crippen molar-refractivity contribution >= 4 is 11.9 Å². The van der Waals surface area contributed by atoms with Gasteiger partial charge in [0.2, 0.25) is 0 Å². The molecule has 0 saturated carbocycles. The van der Waals surface area contributed by atoms with Crippen molar-refractivity contribution in [2.24, 2.45) is 11.7 Å². The minimum absolute atomic E-state index is 0.0789. The van der Waals surface area contributed by atoms with Crippen molar-refractivity contribution in [2.75, 3.05) is 0 Å². The topological polar surface area (TPSA) is 231 Å². The predicted octanol–water partition coefficient (Wildman–Crippen LogP) is 0.120. The van der Waals surface area contributed by atoms with Crippen LogP contribution in [0.2, 0.25) is 0 Å². The number of carbonyl (C=O) groups excluding carboxylic acids is 1. The van der Waals surface area contributed by atoms with E-state index in [1.165, 1.54) is 12.2 Å². The van der Waals surface area contributed by atoms with Crippen LogP contribution < -0.4 is 5.73 Å². The number of carboxylic acid groups (broad SMARTS) is 1. The number of aliphatic carboxylic acids is 1. The SMILES string of the molecule is CC1O[C@@H](O[C@H]2/C=C/C=C/C=C/C=C/C[C@@H](C)OC(=O)/C=C/[C@H]3O[C@@H]3C[C@H](O)C[C@]3(O)C[C@H](O)[C@@H](C(=O)O)[C@H](C2)O3)[C@H](O)[C@H](N)[C@@H]1O. The molecule has 0 aliphatic carbocycles. The summed E-state index contributed by atoms with van der Waals surface area (Å²) in [5.41, 5.74) is 5.98. The number of aliphatic hydroxyl groups is 5. The van der Waals surface area contributed by atoms with Crippen LogP contribution in [-0.4, -0.2) is 122 Å². The number of hydrogen-bond acceptors (Lipinski definition) is 13. The van der Waals surface area contributed by atoms with E-state index in [1.54, 1.807) is 56.4 Å². The van der Waals surface area contributed by atoms with Crippen LogP contribution in [0.5, 0.6) is 0 Å². The van der Waals surface area contributed by atoms with Crippen LogP contribution in [0.15, 0.2) is 60.8 Å². The van der Waals surface area contributed by atoms with Crippen LogP contribution in [0.25, 0.3) is 0 Å². The molecule has 262 valence electrons. The number of cyclic esters (lactones) is 1. The Bertz CT molecular complexity index is 1220. The molecule has 0 radical (unpaired) electrons. The molecule has 47 heavy (non-hydrogen) atoms. The van der Waals surface area contributed by atoms with Gasteiger partial charge in [0.1, 0.15) is 24.2 Å². The van der Waals surface area contributed by atoms with Crippen molar-refractivity contribution < 1.29 is 63.9 Å². The highest BCUT2D eigenvalue weighted by molar-refractivity contribution is 5.82. The van der Waals surface area contributed by atoms with Gasteiger partial charge in [-0.1, -0.05) is 48.6 Å². The summed E-state index contributed by atoms with van der Waals surface area (Å²) in [4.78, 5) is 24.4. The molecule has 8 N–H and O–H groups in total. The summed E-state index contributed by atoms with van der Waals surface area (Å²) in [5, 5.41) is 63.9. The van der Waals surface area contributed by atoms with Crippen LogP contribution in [0.4, 0.5) is 0 Å². The number of ether oxygens (including phenoxy) is 5. The van der Waals surface area contributed by atoms with Gasteiger partial charge in [0, 0.05) is 38.2 Å². The van der Waals surface area contributed by atoms with Crippen molar-refractivity contribution in [1.29, 1.82) is 0 Å². The maximum atomic E-state index is 12.3. The lowest BCUT2D eigenvalue weighted by molar-refractivity contribution is -0.308. The monoisotopic (exact) mass is 665 g/mol. The van der Waals surface area contributed by atoms with Crippen LogP contribution in [-0.2, 0) is 33.3 Å². The fourth-order valence-corrected chi connectivity index (χ4v) is 6.00. The van der Waals surface area contributed by atoms with Crippen LogP contribution in [0, 0.1) is 5.92 Å². The van der Waals surface area contributed by atoms with E-state index in [4.69, 9.17) is 29.4 Å². The van der Waals surface area contributed by atoms with E-state index in [0.717, 1.165) is 0 Å². The number of hydrogen-bond donors (Lipinski definition) is 7. The van der Waals surface area contributed by atoms with E-state index in [2.05, 4.69) is 0 Å². The Kier molecular flexibility index (Phi) is 13.1. The summed E-state index contributed by atoms with van der Waals surface area (Å²) < 4.78 is 28.5. The molecule has 0 spiro atoms. The molecule has 0 aromatic heterocycles. The van der Waals surface area contributed by atoms with E-state index >= 15 is 0 Å². The third-order valence-electron chi connectivity index (χ3n) is 8.58. The molecule has 3 saturated heterocycles. The number of epoxide rings is 1. The second kappa shape index (κ2) is 16.6. The van der Waals surface area contributed by atoms with Gasteiger partial charge in [-0.2, -0.15) is 0 Å². The molecule has 14 heteroatoms. The van der Waals surface area contributed by atoms with Crippen LogP contribution in [0.1, 0.15) is 46.0 Å². The fraction of sp³-hybridized carbons (Fsp3) is 0.636. The first-order valence-electron chi connectivity index (χ1n) is 15.9. The summed E-state index contributed by atoms with van der Waals surface area (Å²) in [5.74, 6) is -5.45. The quantitative estimate of drug-likeness (QED) is 0.157. The van der Waals surface area contributed by atoms with Gasteiger partial charge in [0.05, 0.1) is 48.8 Å². The normalized spacial score (nSPS) is 47.2. The largest absolute Gasteiger partial charge is 0.481 e. The summed E-state index contributed by atoms with van der Waals surface area (Å²) in [7, 11) is 0. The Morgan fingerprint density at radius 3 is 2.36 bits per heavy atom. The molecule has 4 rings (SSSR count).